The second-order valence-electron chi connectivity index (χ2n) is 5.28. The summed E-state index contributed by atoms with van der Waals surface area (Å²) in [6, 6.07) is 13.0. The lowest BCUT2D eigenvalue weighted by atomic mass is 10.2. The van der Waals surface area contributed by atoms with E-state index in [1.54, 1.807) is 23.5 Å². The van der Waals surface area contributed by atoms with Gasteiger partial charge in [0, 0.05) is 12.1 Å². The molecule has 128 valence electrons. The number of amides is 2. The number of hydrogen-bond donors (Lipinski definition) is 2. The third-order valence-corrected chi connectivity index (χ3v) is 5.42. The molecular formula is C17H16N4O2S2. The highest BCUT2D eigenvalue weighted by atomic mass is 32.2. The zero-order chi connectivity index (χ0) is 17.6. The first-order valence-corrected chi connectivity index (χ1v) is 9.36. The van der Waals surface area contributed by atoms with Crippen LogP contribution in [0.4, 0.5) is 5.69 Å². The van der Waals surface area contributed by atoms with Gasteiger partial charge < -0.3 is 10.6 Å². The quantitative estimate of drug-likeness (QED) is 0.639. The van der Waals surface area contributed by atoms with E-state index in [0.29, 0.717) is 10.9 Å². The van der Waals surface area contributed by atoms with Gasteiger partial charge in [-0.25, -0.2) is 0 Å². The maximum absolute atomic E-state index is 12.4. The molecule has 0 aliphatic carbocycles. The van der Waals surface area contributed by atoms with Crippen molar-refractivity contribution >= 4 is 51.5 Å². The highest BCUT2D eigenvalue weighted by Gasteiger charge is 2.30. The van der Waals surface area contributed by atoms with Gasteiger partial charge in [0.1, 0.15) is 5.25 Å². The van der Waals surface area contributed by atoms with Gasteiger partial charge in [0.15, 0.2) is 5.17 Å². The molecule has 2 heterocycles. The molecule has 25 heavy (non-hydrogen) atoms. The Morgan fingerprint density at radius 3 is 2.76 bits per heavy atom. The largest absolute Gasteiger partial charge is 0.325 e. The summed E-state index contributed by atoms with van der Waals surface area (Å²) in [6.45, 7) is 1.85. The third-order valence-electron chi connectivity index (χ3n) is 3.37. The van der Waals surface area contributed by atoms with Crippen molar-refractivity contribution in [2.75, 3.05) is 5.32 Å². The van der Waals surface area contributed by atoms with Gasteiger partial charge in [-0.1, -0.05) is 36.0 Å². The van der Waals surface area contributed by atoms with Gasteiger partial charge in [-0.05, 0) is 30.5 Å². The maximum atomic E-state index is 12.4. The number of nitrogens with zero attached hydrogens (tertiary/aromatic N) is 2. The minimum absolute atomic E-state index is 0.107. The number of amidine groups is 1. The minimum Gasteiger partial charge on any atom is -0.325 e. The van der Waals surface area contributed by atoms with Gasteiger partial charge in [-0.2, -0.15) is 5.10 Å². The maximum Gasteiger partial charge on any atom is 0.238 e. The number of nitrogens with one attached hydrogen (secondary N) is 2. The van der Waals surface area contributed by atoms with Gasteiger partial charge in [0.05, 0.1) is 10.6 Å². The van der Waals surface area contributed by atoms with Crippen LogP contribution in [-0.2, 0) is 9.59 Å². The molecule has 2 amide bonds. The summed E-state index contributed by atoms with van der Waals surface area (Å²) in [5, 5.41) is 15.5. The molecule has 0 saturated carbocycles. The Morgan fingerprint density at radius 1 is 1.24 bits per heavy atom. The van der Waals surface area contributed by atoms with Crippen LogP contribution < -0.4 is 10.6 Å². The average molecular weight is 372 g/mol. The molecule has 8 heteroatoms. The zero-order valence-corrected chi connectivity index (χ0v) is 15.1. The van der Waals surface area contributed by atoms with Crippen LogP contribution >= 0.6 is 23.1 Å². The number of anilines is 1. The summed E-state index contributed by atoms with van der Waals surface area (Å²) in [5.41, 5.74) is 1.46. The molecule has 1 aromatic carbocycles. The van der Waals surface area contributed by atoms with Gasteiger partial charge >= 0.3 is 0 Å². The number of rotatable bonds is 4. The smallest absolute Gasteiger partial charge is 0.238 e. The summed E-state index contributed by atoms with van der Waals surface area (Å²) in [5.74, 6) is -0.465. The lowest BCUT2D eigenvalue weighted by Gasteiger charge is -2.21. The van der Waals surface area contributed by atoms with Crippen molar-refractivity contribution in [1.29, 1.82) is 0 Å². The SMILES string of the molecule is C/C(=N\N=C1/NC(=O)CC(C(=O)Nc2ccccc2)S1)c1cccs1. The third kappa shape index (κ3) is 4.77. The molecule has 1 fully saturated rings. The summed E-state index contributed by atoms with van der Waals surface area (Å²) in [6.07, 6.45) is 0.107. The second kappa shape index (κ2) is 8.09. The van der Waals surface area contributed by atoms with Crippen molar-refractivity contribution in [1.82, 2.24) is 5.32 Å². The van der Waals surface area contributed by atoms with Gasteiger partial charge in [-0.3, -0.25) is 9.59 Å². The molecule has 1 aromatic heterocycles. The van der Waals surface area contributed by atoms with E-state index < -0.39 is 5.25 Å². The molecule has 2 N–H and O–H groups in total. The molecule has 1 unspecified atom stereocenters. The molecule has 1 aliphatic heterocycles. The first kappa shape index (κ1) is 17.4. The Bertz CT molecular complexity index is 816. The van der Waals surface area contributed by atoms with Crippen LogP contribution in [0.5, 0.6) is 0 Å². The fourth-order valence-corrected chi connectivity index (χ4v) is 3.74. The standard InChI is InChI=1S/C17H16N4O2S2/c1-11(13-8-5-9-24-13)20-21-17-19-15(22)10-14(25-17)16(23)18-12-6-3-2-4-7-12/h2-9,14H,10H2,1H3,(H,18,23)(H,19,21,22)/b20-11+. The number of hydrogen-bond acceptors (Lipinski definition) is 6. The predicted octanol–water partition coefficient (Wildman–Crippen LogP) is 3.09. The number of carbonyl (C=O) groups is 2. The molecule has 6 nitrogen and oxygen atoms in total. The molecule has 0 spiro atoms. The predicted molar refractivity (Wildman–Crippen MR) is 103 cm³/mol. The number of thioether (sulfide) groups is 1. The van der Waals surface area contributed by atoms with Crippen LogP contribution in [0.25, 0.3) is 0 Å². The van der Waals surface area contributed by atoms with E-state index in [9.17, 15) is 9.59 Å². The summed E-state index contributed by atoms with van der Waals surface area (Å²) < 4.78 is 0. The number of carbonyl (C=O) groups excluding carboxylic acids is 2. The fourth-order valence-electron chi connectivity index (χ4n) is 2.14. The number of para-hydroxylation sites is 1. The van der Waals surface area contributed by atoms with Crippen molar-refractivity contribution in [2.45, 2.75) is 18.6 Å². The van der Waals surface area contributed by atoms with Crippen LogP contribution in [0.15, 0.2) is 58.0 Å². The summed E-state index contributed by atoms with van der Waals surface area (Å²) >= 11 is 2.77. The van der Waals surface area contributed by atoms with Crippen LogP contribution in [0, 0.1) is 0 Å². The molecule has 2 aromatic rings. The summed E-state index contributed by atoms with van der Waals surface area (Å²) in [7, 11) is 0. The van der Waals surface area contributed by atoms with Crippen molar-refractivity contribution in [3.8, 4) is 0 Å². The number of benzene rings is 1. The fraction of sp³-hybridized carbons (Fsp3) is 0.176. The Kier molecular flexibility index (Phi) is 5.62. The van der Waals surface area contributed by atoms with Crippen LogP contribution in [0.3, 0.4) is 0 Å². The van der Waals surface area contributed by atoms with Gasteiger partial charge in [0.25, 0.3) is 0 Å². The van der Waals surface area contributed by atoms with Crippen molar-refractivity contribution in [3.05, 3.63) is 52.7 Å². The number of thiophene rings is 1. The molecule has 1 atom stereocenters. The zero-order valence-electron chi connectivity index (χ0n) is 13.4. The van der Waals surface area contributed by atoms with E-state index in [2.05, 4.69) is 20.8 Å². The monoisotopic (exact) mass is 372 g/mol. The van der Waals surface area contributed by atoms with Crippen LogP contribution in [0.2, 0.25) is 0 Å². The van der Waals surface area contributed by atoms with Crippen LogP contribution in [0.1, 0.15) is 18.2 Å². The van der Waals surface area contributed by atoms with E-state index >= 15 is 0 Å². The molecule has 0 radical (unpaired) electrons. The molecule has 1 saturated heterocycles. The first-order chi connectivity index (χ1) is 12.1. The summed E-state index contributed by atoms with van der Waals surface area (Å²) in [4.78, 5) is 25.3. The van der Waals surface area contributed by atoms with E-state index in [-0.39, 0.29) is 18.2 Å². The molecule has 3 rings (SSSR count). The van der Waals surface area contributed by atoms with E-state index in [1.165, 1.54) is 11.8 Å². The second-order valence-corrected chi connectivity index (χ2v) is 7.42. The van der Waals surface area contributed by atoms with E-state index in [4.69, 9.17) is 0 Å². The van der Waals surface area contributed by atoms with E-state index in [1.807, 2.05) is 42.6 Å². The normalized spacial score (nSPS) is 19.6. The Labute approximate surface area is 153 Å². The molecular weight excluding hydrogens is 356 g/mol. The van der Waals surface area contributed by atoms with Crippen molar-refractivity contribution < 1.29 is 9.59 Å². The Morgan fingerprint density at radius 2 is 2.04 bits per heavy atom. The van der Waals surface area contributed by atoms with Gasteiger partial charge in [0.2, 0.25) is 11.8 Å². The average Bonchev–Trinajstić information content (AvgIpc) is 3.15. The minimum atomic E-state index is -0.537. The van der Waals surface area contributed by atoms with Crippen molar-refractivity contribution in [2.24, 2.45) is 10.2 Å². The Balaban J connectivity index is 1.69. The molecule has 1 aliphatic rings. The van der Waals surface area contributed by atoms with Crippen molar-refractivity contribution in [3.63, 3.8) is 0 Å². The Hall–Kier alpha value is -2.45. The lowest BCUT2D eigenvalue weighted by molar-refractivity contribution is -0.123. The van der Waals surface area contributed by atoms with Crippen LogP contribution in [-0.4, -0.2) is 27.9 Å². The highest BCUT2D eigenvalue weighted by Crippen LogP contribution is 2.22. The van der Waals surface area contributed by atoms with Gasteiger partial charge in [-0.15, -0.1) is 16.4 Å². The topological polar surface area (TPSA) is 82.9 Å². The highest BCUT2D eigenvalue weighted by molar-refractivity contribution is 8.15. The van der Waals surface area contributed by atoms with E-state index in [0.717, 1.165) is 10.6 Å². The first-order valence-electron chi connectivity index (χ1n) is 7.60. The molecule has 0 bridgehead atoms. The lowest BCUT2D eigenvalue weighted by Crippen LogP contribution is -2.41.